The van der Waals surface area contributed by atoms with E-state index < -0.39 is 0 Å². The molecule has 0 aliphatic rings. The maximum absolute atomic E-state index is 10.7. The van der Waals surface area contributed by atoms with E-state index in [1.54, 1.807) is 12.1 Å². The van der Waals surface area contributed by atoms with Gasteiger partial charge < -0.3 is 9.84 Å². The molecule has 1 N–H and O–H groups in total. The summed E-state index contributed by atoms with van der Waals surface area (Å²) in [4.78, 5) is 10.7. The first-order valence-corrected chi connectivity index (χ1v) is 4.48. The van der Waals surface area contributed by atoms with Crippen LogP contribution in [0.2, 0.25) is 0 Å². The Morgan fingerprint density at radius 2 is 2.00 bits per heavy atom. The number of hydrogen-bond donors (Lipinski definition) is 1. The Morgan fingerprint density at radius 3 is 2.50 bits per heavy atom. The summed E-state index contributed by atoms with van der Waals surface area (Å²) in [6.45, 7) is 1.45. The molecule has 0 aliphatic carbocycles. The van der Waals surface area contributed by atoms with Gasteiger partial charge in [0, 0.05) is 0 Å². The number of Topliss-reactive ketones (excluding diaryl/α,β-unsaturated/α-hetero) is 1. The molecular weight excluding hydrogens is 200 g/mol. The van der Waals surface area contributed by atoms with Crippen LogP contribution in [0.25, 0.3) is 0 Å². The quantitative estimate of drug-likeness (QED) is 0.776. The van der Waals surface area contributed by atoms with Crippen LogP contribution >= 0.6 is 12.2 Å². The zero-order chi connectivity index (χ0) is 10.6. The predicted molar refractivity (Wildman–Crippen MR) is 56.6 cm³/mol. The van der Waals surface area contributed by atoms with Crippen molar-refractivity contribution < 1.29 is 14.6 Å². The maximum Gasteiger partial charge on any atom is 0.174 e. The van der Waals surface area contributed by atoms with Gasteiger partial charge in [-0.05, 0) is 43.4 Å². The molecule has 1 aromatic rings. The van der Waals surface area contributed by atoms with E-state index in [2.05, 4.69) is 0 Å². The summed E-state index contributed by atoms with van der Waals surface area (Å²) in [7, 11) is 0. The van der Waals surface area contributed by atoms with Crippen molar-refractivity contribution in [2.75, 3.05) is 0 Å². The van der Waals surface area contributed by atoms with E-state index in [4.69, 9.17) is 22.1 Å². The Kier molecular flexibility index (Phi) is 3.59. The van der Waals surface area contributed by atoms with Crippen molar-refractivity contribution in [3.05, 3.63) is 24.3 Å². The lowest BCUT2D eigenvalue weighted by Gasteiger charge is -2.04. The normalized spacial score (nSPS) is 9.50. The Morgan fingerprint density at radius 1 is 1.43 bits per heavy atom. The fraction of sp³-hybridized carbons (Fsp3) is 0.200. The van der Waals surface area contributed by atoms with E-state index in [9.17, 15) is 4.79 Å². The summed E-state index contributed by atoms with van der Waals surface area (Å²) in [5.41, 5.74) is 0. The molecular formula is C10H10O3S. The van der Waals surface area contributed by atoms with Crippen LogP contribution in [-0.2, 0) is 4.79 Å². The minimum absolute atomic E-state index is 0.0335. The van der Waals surface area contributed by atoms with Gasteiger partial charge in [0.05, 0.1) is 6.42 Å². The van der Waals surface area contributed by atoms with Crippen molar-refractivity contribution in [3.8, 4) is 11.5 Å². The highest BCUT2D eigenvalue weighted by molar-refractivity contribution is 7.80. The molecule has 0 saturated carbocycles. The van der Waals surface area contributed by atoms with E-state index >= 15 is 0 Å². The van der Waals surface area contributed by atoms with Gasteiger partial charge in [-0.25, -0.2) is 0 Å². The molecule has 0 saturated heterocycles. The van der Waals surface area contributed by atoms with E-state index in [0.717, 1.165) is 0 Å². The van der Waals surface area contributed by atoms with Gasteiger partial charge in [0.2, 0.25) is 0 Å². The van der Waals surface area contributed by atoms with E-state index in [1.165, 1.54) is 19.1 Å². The fourth-order valence-corrected chi connectivity index (χ4v) is 1.18. The van der Waals surface area contributed by atoms with Gasteiger partial charge in [0.25, 0.3) is 0 Å². The van der Waals surface area contributed by atoms with Gasteiger partial charge in [0.1, 0.15) is 17.3 Å². The monoisotopic (exact) mass is 210 g/mol. The molecule has 14 heavy (non-hydrogen) atoms. The highest BCUT2D eigenvalue weighted by Crippen LogP contribution is 2.16. The number of ether oxygens (including phenoxy) is 1. The van der Waals surface area contributed by atoms with Crippen LogP contribution < -0.4 is 4.74 Å². The summed E-state index contributed by atoms with van der Waals surface area (Å²) in [5.74, 6) is 0.651. The molecule has 0 spiro atoms. The molecule has 3 nitrogen and oxygen atoms in total. The number of carbonyl (C=O) groups is 1. The minimum Gasteiger partial charge on any atom is -0.508 e. The molecule has 0 bridgehead atoms. The summed E-state index contributed by atoms with van der Waals surface area (Å²) >= 11 is 4.84. The lowest BCUT2D eigenvalue weighted by atomic mass is 10.3. The van der Waals surface area contributed by atoms with Crippen molar-refractivity contribution in [3.63, 3.8) is 0 Å². The zero-order valence-electron chi connectivity index (χ0n) is 7.69. The second-order valence-corrected chi connectivity index (χ2v) is 3.30. The summed E-state index contributed by atoms with van der Waals surface area (Å²) in [6.07, 6.45) is 0.135. The number of hydrogen-bond acceptors (Lipinski definition) is 4. The van der Waals surface area contributed by atoms with E-state index in [1.807, 2.05) is 0 Å². The van der Waals surface area contributed by atoms with Crippen LogP contribution in [0.1, 0.15) is 13.3 Å². The molecule has 0 atom stereocenters. The van der Waals surface area contributed by atoms with Crippen molar-refractivity contribution >= 4 is 23.1 Å². The highest BCUT2D eigenvalue weighted by atomic mass is 32.1. The molecule has 0 aliphatic heterocycles. The number of ketones is 1. The summed E-state index contributed by atoms with van der Waals surface area (Å²) in [6, 6.07) is 6.15. The zero-order valence-corrected chi connectivity index (χ0v) is 8.50. The number of phenolic OH excluding ortho intramolecular Hbond substituents is 1. The number of benzene rings is 1. The second kappa shape index (κ2) is 4.72. The molecule has 0 heterocycles. The van der Waals surface area contributed by atoms with Gasteiger partial charge in [-0.1, -0.05) is 0 Å². The van der Waals surface area contributed by atoms with Crippen LogP contribution in [0.15, 0.2) is 24.3 Å². The number of phenols is 1. The molecule has 0 fully saturated rings. The van der Waals surface area contributed by atoms with Gasteiger partial charge in [-0.2, -0.15) is 0 Å². The molecule has 4 heteroatoms. The Hall–Kier alpha value is -1.42. The average molecular weight is 210 g/mol. The van der Waals surface area contributed by atoms with Crippen molar-refractivity contribution in [1.29, 1.82) is 0 Å². The van der Waals surface area contributed by atoms with Crippen molar-refractivity contribution in [2.24, 2.45) is 0 Å². The number of carbonyl (C=O) groups excluding carboxylic acids is 1. The van der Waals surface area contributed by atoms with Gasteiger partial charge in [-0.15, -0.1) is 0 Å². The fourth-order valence-electron chi connectivity index (χ4n) is 0.885. The van der Waals surface area contributed by atoms with Gasteiger partial charge >= 0.3 is 0 Å². The standard InChI is InChI=1S/C10H10O3S/c1-7(11)6-10(14)13-9-4-2-8(12)3-5-9/h2-5,12H,6H2,1H3. The third kappa shape index (κ3) is 3.53. The molecule has 74 valence electrons. The van der Waals surface area contributed by atoms with Crippen LogP contribution in [0.5, 0.6) is 11.5 Å². The Labute approximate surface area is 87.3 Å². The number of thiocarbonyl (C=S) groups is 1. The lowest BCUT2D eigenvalue weighted by Crippen LogP contribution is -2.09. The first-order valence-electron chi connectivity index (χ1n) is 4.07. The largest absolute Gasteiger partial charge is 0.508 e. The Balaban J connectivity index is 2.56. The molecule has 0 unspecified atom stereocenters. The first kappa shape index (κ1) is 10.7. The molecule has 0 aromatic heterocycles. The SMILES string of the molecule is CC(=O)CC(=S)Oc1ccc(O)cc1. The maximum atomic E-state index is 10.7. The van der Waals surface area contributed by atoms with Crippen molar-refractivity contribution in [1.82, 2.24) is 0 Å². The third-order valence-corrected chi connectivity index (χ3v) is 1.69. The lowest BCUT2D eigenvalue weighted by molar-refractivity contribution is -0.115. The van der Waals surface area contributed by atoms with Gasteiger partial charge in [0.15, 0.2) is 5.05 Å². The van der Waals surface area contributed by atoms with Crippen LogP contribution in [-0.4, -0.2) is 15.9 Å². The third-order valence-electron chi connectivity index (χ3n) is 1.46. The molecule has 0 amide bonds. The van der Waals surface area contributed by atoms with Crippen LogP contribution in [0.4, 0.5) is 0 Å². The predicted octanol–water partition coefficient (Wildman–Crippen LogP) is 2.08. The molecule has 0 radical (unpaired) electrons. The summed E-state index contributed by atoms with van der Waals surface area (Å²) < 4.78 is 5.18. The average Bonchev–Trinajstić information content (AvgIpc) is 2.07. The minimum atomic E-state index is -0.0335. The number of aromatic hydroxyl groups is 1. The Bertz CT molecular complexity index is 343. The van der Waals surface area contributed by atoms with E-state index in [0.29, 0.717) is 5.75 Å². The van der Waals surface area contributed by atoms with Crippen LogP contribution in [0, 0.1) is 0 Å². The van der Waals surface area contributed by atoms with E-state index in [-0.39, 0.29) is 23.0 Å². The second-order valence-electron chi connectivity index (χ2n) is 2.85. The topological polar surface area (TPSA) is 46.5 Å². The van der Waals surface area contributed by atoms with Crippen LogP contribution in [0.3, 0.4) is 0 Å². The van der Waals surface area contributed by atoms with Gasteiger partial charge in [-0.3, -0.25) is 4.79 Å². The first-order chi connectivity index (χ1) is 6.58. The smallest absolute Gasteiger partial charge is 0.174 e. The van der Waals surface area contributed by atoms with Crippen molar-refractivity contribution in [2.45, 2.75) is 13.3 Å². The summed E-state index contributed by atoms with van der Waals surface area (Å²) in [5, 5.41) is 9.23. The molecule has 1 rings (SSSR count). The highest BCUT2D eigenvalue weighted by Gasteiger charge is 2.03. The number of rotatable bonds is 3. The molecule has 1 aromatic carbocycles.